The number of nitrogens with zero attached hydrogens (tertiary/aromatic N) is 2. The third-order valence-electron chi connectivity index (χ3n) is 5.52. The van der Waals surface area contributed by atoms with Crippen LogP contribution in [0.15, 0.2) is 48.5 Å². The first kappa shape index (κ1) is 25.2. The number of amides is 2. The van der Waals surface area contributed by atoms with Gasteiger partial charge in [-0.3, -0.25) is 9.59 Å². The molecule has 8 nitrogen and oxygen atoms in total. The van der Waals surface area contributed by atoms with Gasteiger partial charge < -0.3 is 19.9 Å². The molecule has 3 aromatic rings. The third kappa shape index (κ3) is 6.32. The number of carbonyl (C=O) groups is 3. The molecular formula is C26H25FN4O4. The largest absolute Gasteiger partial charge is 0.452 e. The summed E-state index contributed by atoms with van der Waals surface area (Å²) in [5, 5.41) is 15.0. The first-order chi connectivity index (χ1) is 16.7. The highest BCUT2D eigenvalue weighted by Crippen LogP contribution is 2.27. The number of halogens is 1. The summed E-state index contributed by atoms with van der Waals surface area (Å²) in [6.45, 7) is 5.13. The van der Waals surface area contributed by atoms with E-state index in [0.29, 0.717) is 24.2 Å². The summed E-state index contributed by atoms with van der Waals surface area (Å²) in [6, 6.07) is 14.5. The minimum atomic E-state index is -0.680. The fraction of sp³-hybridized carbons (Fsp3) is 0.231. The number of nitrogens with one attached hydrogen (secondary N) is 2. The van der Waals surface area contributed by atoms with Crippen LogP contribution in [0.1, 0.15) is 45.2 Å². The van der Waals surface area contributed by atoms with Gasteiger partial charge in [0, 0.05) is 25.7 Å². The Bertz CT molecular complexity index is 1290. The Labute approximate surface area is 202 Å². The Morgan fingerprint density at radius 3 is 2.26 bits per heavy atom. The summed E-state index contributed by atoms with van der Waals surface area (Å²) in [7, 11) is 0. The SMILES string of the molecule is CC(=O)NCc1ccc(C(=O)OCC(=O)Nc2c(C#N)c(C)c(C)n2Cc2ccc(F)cc2)cc1. The zero-order valence-corrected chi connectivity index (χ0v) is 19.6. The molecule has 0 saturated heterocycles. The number of nitriles is 1. The molecule has 35 heavy (non-hydrogen) atoms. The fourth-order valence-corrected chi connectivity index (χ4v) is 3.47. The minimum Gasteiger partial charge on any atom is -0.452 e. The molecule has 1 aromatic heterocycles. The molecule has 0 atom stereocenters. The van der Waals surface area contributed by atoms with E-state index in [4.69, 9.17) is 4.74 Å². The predicted molar refractivity (Wildman–Crippen MR) is 127 cm³/mol. The van der Waals surface area contributed by atoms with Crippen LogP contribution in [0.5, 0.6) is 0 Å². The second kappa shape index (κ2) is 11.1. The Morgan fingerprint density at radius 2 is 1.66 bits per heavy atom. The Hall–Kier alpha value is -4.45. The Balaban J connectivity index is 1.67. The number of hydrogen-bond acceptors (Lipinski definition) is 5. The molecule has 0 radical (unpaired) electrons. The molecule has 1 heterocycles. The number of esters is 1. The lowest BCUT2D eigenvalue weighted by Gasteiger charge is -2.13. The number of anilines is 1. The van der Waals surface area contributed by atoms with Gasteiger partial charge in [0.25, 0.3) is 5.91 Å². The van der Waals surface area contributed by atoms with E-state index in [2.05, 4.69) is 16.7 Å². The zero-order chi connectivity index (χ0) is 25.5. The van der Waals surface area contributed by atoms with Gasteiger partial charge in [-0.05, 0) is 54.8 Å². The number of rotatable bonds is 8. The molecule has 0 fully saturated rings. The maximum Gasteiger partial charge on any atom is 0.338 e. The van der Waals surface area contributed by atoms with Crippen LogP contribution in [0, 0.1) is 31.0 Å². The van der Waals surface area contributed by atoms with Gasteiger partial charge in [-0.15, -0.1) is 0 Å². The lowest BCUT2D eigenvalue weighted by Crippen LogP contribution is -2.23. The van der Waals surface area contributed by atoms with E-state index in [1.807, 2.05) is 6.92 Å². The summed E-state index contributed by atoms with van der Waals surface area (Å²) in [6.07, 6.45) is 0. The monoisotopic (exact) mass is 476 g/mol. The van der Waals surface area contributed by atoms with Gasteiger partial charge in [0.15, 0.2) is 6.61 Å². The number of hydrogen-bond donors (Lipinski definition) is 2. The van der Waals surface area contributed by atoms with Gasteiger partial charge in [0.05, 0.1) is 11.1 Å². The highest BCUT2D eigenvalue weighted by Gasteiger charge is 2.20. The molecule has 0 aliphatic carbocycles. The molecule has 3 rings (SSSR count). The fourth-order valence-electron chi connectivity index (χ4n) is 3.47. The maximum atomic E-state index is 13.3. The van der Waals surface area contributed by atoms with Crippen molar-refractivity contribution < 1.29 is 23.5 Å². The topological polar surface area (TPSA) is 113 Å². The zero-order valence-electron chi connectivity index (χ0n) is 19.6. The van der Waals surface area contributed by atoms with Gasteiger partial charge in [-0.25, -0.2) is 9.18 Å². The summed E-state index contributed by atoms with van der Waals surface area (Å²) in [5.74, 6) is -1.51. The normalized spacial score (nSPS) is 10.4. The molecule has 0 spiro atoms. The first-order valence-corrected chi connectivity index (χ1v) is 10.8. The molecule has 2 aromatic carbocycles. The second-order valence-corrected chi connectivity index (χ2v) is 7.99. The van der Waals surface area contributed by atoms with Gasteiger partial charge in [-0.1, -0.05) is 24.3 Å². The van der Waals surface area contributed by atoms with Crippen molar-refractivity contribution in [3.63, 3.8) is 0 Å². The Kier molecular flexibility index (Phi) is 8.00. The van der Waals surface area contributed by atoms with Crippen molar-refractivity contribution in [2.75, 3.05) is 11.9 Å². The van der Waals surface area contributed by atoms with E-state index in [-0.39, 0.29) is 23.1 Å². The van der Waals surface area contributed by atoms with Crippen molar-refractivity contribution in [3.8, 4) is 6.07 Å². The van der Waals surface area contributed by atoms with Crippen LogP contribution in [0.25, 0.3) is 0 Å². The molecule has 0 saturated carbocycles. The summed E-state index contributed by atoms with van der Waals surface area (Å²) in [5.41, 5.74) is 3.65. The maximum absolute atomic E-state index is 13.3. The van der Waals surface area contributed by atoms with Crippen LogP contribution in [0.3, 0.4) is 0 Å². The molecule has 0 bridgehead atoms. The van der Waals surface area contributed by atoms with Gasteiger partial charge in [0.1, 0.15) is 17.7 Å². The molecule has 0 aliphatic heterocycles. The lowest BCUT2D eigenvalue weighted by atomic mass is 10.1. The minimum absolute atomic E-state index is 0.159. The lowest BCUT2D eigenvalue weighted by molar-refractivity contribution is -0.119. The van der Waals surface area contributed by atoms with Crippen LogP contribution in [-0.2, 0) is 27.4 Å². The molecule has 9 heteroatoms. The highest BCUT2D eigenvalue weighted by molar-refractivity contribution is 5.96. The molecule has 2 amide bonds. The standard InChI is InChI=1S/C26H25FN4O4/c1-16-17(2)31(14-20-6-10-22(27)11-7-20)25(23(16)12-28)30-24(33)15-35-26(34)21-8-4-19(5-9-21)13-29-18(3)32/h4-11H,13-15H2,1-3H3,(H,29,32)(H,30,33). The quantitative estimate of drug-likeness (QED) is 0.483. The average molecular weight is 477 g/mol. The van der Waals surface area contributed by atoms with Crippen LogP contribution >= 0.6 is 0 Å². The highest BCUT2D eigenvalue weighted by atomic mass is 19.1. The van der Waals surface area contributed by atoms with E-state index < -0.39 is 18.5 Å². The molecule has 180 valence electrons. The van der Waals surface area contributed by atoms with Crippen molar-refractivity contribution in [1.29, 1.82) is 5.26 Å². The number of aromatic nitrogens is 1. The van der Waals surface area contributed by atoms with Crippen molar-refractivity contribution in [3.05, 3.63) is 87.9 Å². The van der Waals surface area contributed by atoms with Crippen molar-refractivity contribution in [1.82, 2.24) is 9.88 Å². The summed E-state index contributed by atoms with van der Waals surface area (Å²) >= 11 is 0. The van der Waals surface area contributed by atoms with Gasteiger partial charge >= 0.3 is 5.97 Å². The van der Waals surface area contributed by atoms with E-state index in [9.17, 15) is 24.0 Å². The second-order valence-electron chi connectivity index (χ2n) is 7.99. The molecule has 0 unspecified atom stereocenters. The molecule has 2 N–H and O–H groups in total. The van der Waals surface area contributed by atoms with E-state index in [1.165, 1.54) is 19.1 Å². The molecular weight excluding hydrogens is 451 g/mol. The van der Waals surface area contributed by atoms with Crippen molar-refractivity contribution >= 4 is 23.6 Å². The number of carbonyl (C=O) groups excluding carboxylic acids is 3. The first-order valence-electron chi connectivity index (χ1n) is 10.8. The third-order valence-corrected chi connectivity index (χ3v) is 5.52. The number of benzene rings is 2. The van der Waals surface area contributed by atoms with Crippen LogP contribution in [0.2, 0.25) is 0 Å². The summed E-state index contributed by atoms with van der Waals surface area (Å²) < 4.78 is 20.2. The number of ether oxygens (including phenoxy) is 1. The van der Waals surface area contributed by atoms with Gasteiger partial charge in [-0.2, -0.15) is 5.26 Å². The molecule has 0 aliphatic rings. The van der Waals surface area contributed by atoms with E-state index in [0.717, 1.165) is 16.8 Å². The Morgan fingerprint density at radius 1 is 1.03 bits per heavy atom. The summed E-state index contributed by atoms with van der Waals surface area (Å²) in [4.78, 5) is 35.9. The van der Waals surface area contributed by atoms with Crippen LogP contribution < -0.4 is 10.6 Å². The smallest absolute Gasteiger partial charge is 0.338 e. The van der Waals surface area contributed by atoms with Gasteiger partial charge in [0.2, 0.25) is 5.91 Å². The van der Waals surface area contributed by atoms with Crippen molar-refractivity contribution in [2.45, 2.75) is 33.9 Å². The van der Waals surface area contributed by atoms with Crippen molar-refractivity contribution in [2.24, 2.45) is 0 Å². The predicted octanol–water partition coefficient (Wildman–Crippen LogP) is 3.60. The van der Waals surface area contributed by atoms with Crippen LogP contribution in [0.4, 0.5) is 10.2 Å². The van der Waals surface area contributed by atoms with E-state index in [1.54, 1.807) is 47.9 Å². The van der Waals surface area contributed by atoms with Crippen LogP contribution in [-0.4, -0.2) is 29.0 Å². The van der Waals surface area contributed by atoms with E-state index >= 15 is 0 Å². The average Bonchev–Trinajstić information content (AvgIpc) is 3.06.